The van der Waals surface area contributed by atoms with Gasteiger partial charge in [0.2, 0.25) is 5.91 Å². The van der Waals surface area contributed by atoms with Crippen LogP contribution in [0.5, 0.6) is 0 Å². The third-order valence-electron chi connectivity index (χ3n) is 2.59. The molecule has 78 valence electrons. The van der Waals surface area contributed by atoms with Crippen molar-refractivity contribution in [2.75, 3.05) is 12.0 Å². The fourth-order valence-electron chi connectivity index (χ4n) is 1.78. The van der Waals surface area contributed by atoms with Crippen LogP contribution in [0.1, 0.15) is 18.4 Å². The Morgan fingerprint density at radius 3 is 2.73 bits per heavy atom. The monoisotopic (exact) mass is 205 g/mol. The highest BCUT2D eigenvalue weighted by Crippen LogP contribution is 2.36. The Bertz CT molecular complexity index is 428. The maximum atomic E-state index is 11.8. The number of hydrogen-bond acceptors (Lipinski definition) is 3. The molecule has 0 spiro atoms. The molecule has 0 bridgehead atoms. The van der Waals surface area contributed by atoms with Gasteiger partial charge in [0.25, 0.3) is 0 Å². The van der Waals surface area contributed by atoms with Crippen molar-refractivity contribution in [2.45, 2.75) is 12.8 Å². The van der Waals surface area contributed by atoms with Crippen molar-refractivity contribution >= 4 is 17.7 Å². The molecule has 2 rings (SSSR count). The minimum absolute atomic E-state index is 0.233. The van der Waals surface area contributed by atoms with Crippen LogP contribution in [-0.4, -0.2) is 19.1 Å². The number of anilines is 1. The average Bonchev–Trinajstić information content (AvgIpc) is 2.52. The summed E-state index contributed by atoms with van der Waals surface area (Å²) >= 11 is 0. The van der Waals surface area contributed by atoms with Crippen molar-refractivity contribution in [3.05, 3.63) is 29.8 Å². The van der Waals surface area contributed by atoms with Crippen LogP contribution in [0, 0.1) is 0 Å². The fourth-order valence-corrected chi connectivity index (χ4v) is 1.78. The standard InChI is InChI=1S/C11H11NO3/c1-7-8-5-3-4-6-9(8)12(10(7)13)11(14)15-2/h3-7H,1-2H3. The number of rotatable bonds is 0. The van der Waals surface area contributed by atoms with Crippen molar-refractivity contribution in [1.82, 2.24) is 0 Å². The molecule has 0 aliphatic carbocycles. The smallest absolute Gasteiger partial charge is 0.420 e. The van der Waals surface area contributed by atoms with Gasteiger partial charge in [0.15, 0.2) is 0 Å². The second-order valence-electron chi connectivity index (χ2n) is 3.42. The van der Waals surface area contributed by atoms with Crippen molar-refractivity contribution in [3.8, 4) is 0 Å². The van der Waals surface area contributed by atoms with E-state index in [0.29, 0.717) is 5.69 Å². The van der Waals surface area contributed by atoms with Gasteiger partial charge in [-0.2, -0.15) is 0 Å². The van der Waals surface area contributed by atoms with Crippen molar-refractivity contribution in [2.24, 2.45) is 0 Å². The van der Waals surface area contributed by atoms with Crippen LogP contribution in [0.3, 0.4) is 0 Å². The Morgan fingerprint density at radius 1 is 1.40 bits per heavy atom. The molecule has 1 aliphatic rings. The lowest BCUT2D eigenvalue weighted by atomic mass is 10.0. The molecule has 2 amide bonds. The van der Waals surface area contributed by atoms with Gasteiger partial charge in [0, 0.05) is 0 Å². The predicted octanol–water partition coefficient (Wildman–Crippen LogP) is 1.90. The molecule has 15 heavy (non-hydrogen) atoms. The average molecular weight is 205 g/mol. The van der Waals surface area contributed by atoms with Crippen LogP contribution in [0.25, 0.3) is 0 Å². The van der Waals surface area contributed by atoms with Crippen LogP contribution in [-0.2, 0) is 9.53 Å². The van der Waals surface area contributed by atoms with E-state index in [0.717, 1.165) is 10.5 Å². The Balaban J connectivity index is 2.51. The van der Waals surface area contributed by atoms with Crippen LogP contribution in [0.2, 0.25) is 0 Å². The lowest BCUT2D eigenvalue weighted by Crippen LogP contribution is -2.34. The molecule has 0 fully saturated rings. The highest BCUT2D eigenvalue weighted by Gasteiger charge is 2.38. The van der Waals surface area contributed by atoms with Gasteiger partial charge >= 0.3 is 6.09 Å². The van der Waals surface area contributed by atoms with Gasteiger partial charge < -0.3 is 4.74 Å². The summed E-state index contributed by atoms with van der Waals surface area (Å²) in [7, 11) is 1.27. The topological polar surface area (TPSA) is 46.6 Å². The predicted molar refractivity (Wildman–Crippen MR) is 54.7 cm³/mol. The first-order valence-corrected chi connectivity index (χ1v) is 4.67. The molecule has 1 atom stereocenters. The summed E-state index contributed by atoms with van der Waals surface area (Å²) in [4.78, 5) is 24.3. The summed E-state index contributed by atoms with van der Waals surface area (Å²) in [6, 6.07) is 7.23. The quantitative estimate of drug-likeness (QED) is 0.649. The maximum absolute atomic E-state index is 11.8. The minimum Gasteiger partial charge on any atom is -0.452 e. The zero-order chi connectivity index (χ0) is 11.0. The van der Waals surface area contributed by atoms with Gasteiger partial charge in [-0.3, -0.25) is 4.79 Å². The summed E-state index contributed by atoms with van der Waals surface area (Å²) in [6.07, 6.45) is -0.628. The molecule has 0 N–H and O–H groups in total. The van der Waals surface area contributed by atoms with E-state index in [-0.39, 0.29) is 11.8 Å². The number of imide groups is 1. The van der Waals surface area contributed by atoms with Crippen LogP contribution < -0.4 is 4.90 Å². The van der Waals surface area contributed by atoms with Gasteiger partial charge in [-0.15, -0.1) is 0 Å². The highest BCUT2D eigenvalue weighted by atomic mass is 16.5. The first-order valence-electron chi connectivity index (χ1n) is 4.67. The van der Waals surface area contributed by atoms with Gasteiger partial charge in [-0.25, -0.2) is 9.69 Å². The number of carbonyl (C=O) groups excluding carboxylic acids is 2. The van der Waals surface area contributed by atoms with E-state index < -0.39 is 6.09 Å². The van der Waals surface area contributed by atoms with E-state index in [1.54, 1.807) is 19.1 Å². The Labute approximate surface area is 87.4 Å². The first kappa shape index (κ1) is 9.71. The number of ether oxygens (including phenoxy) is 1. The van der Waals surface area contributed by atoms with E-state index in [9.17, 15) is 9.59 Å². The molecular weight excluding hydrogens is 194 g/mol. The molecule has 0 saturated heterocycles. The molecule has 0 saturated carbocycles. The van der Waals surface area contributed by atoms with E-state index in [1.165, 1.54) is 7.11 Å². The number of carbonyl (C=O) groups is 2. The summed E-state index contributed by atoms with van der Waals surface area (Å²) in [5.41, 5.74) is 1.50. The van der Waals surface area contributed by atoms with Gasteiger partial charge in [0.1, 0.15) is 0 Å². The number of benzene rings is 1. The SMILES string of the molecule is COC(=O)N1C(=O)C(C)c2ccccc21. The highest BCUT2D eigenvalue weighted by molar-refractivity contribution is 6.18. The zero-order valence-corrected chi connectivity index (χ0v) is 8.56. The van der Waals surface area contributed by atoms with E-state index in [2.05, 4.69) is 4.74 Å². The molecular formula is C11H11NO3. The van der Waals surface area contributed by atoms with Crippen LogP contribution >= 0.6 is 0 Å². The molecule has 4 heteroatoms. The largest absolute Gasteiger partial charge is 0.452 e. The van der Waals surface area contributed by atoms with Crippen LogP contribution in [0.4, 0.5) is 10.5 Å². The number of amides is 2. The lowest BCUT2D eigenvalue weighted by Gasteiger charge is -2.13. The number of para-hydroxylation sites is 1. The first-order chi connectivity index (χ1) is 7.16. The molecule has 1 aromatic rings. The van der Waals surface area contributed by atoms with Crippen molar-refractivity contribution in [1.29, 1.82) is 0 Å². The third kappa shape index (κ3) is 1.29. The molecule has 0 aromatic heterocycles. The second-order valence-corrected chi connectivity index (χ2v) is 3.42. The number of fused-ring (bicyclic) bond motifs is 1. The van der Waals surface area contributed by atoms with Crippen molar-refractivity contribution < 1.29 is 14.3 Å². The van der Waals surface area contributed by atoms with E-state index >= 15 is 0 Å². The van der Waals surface area contributed by atoms with Crippen molar-refractivity contribution in [3.63, 3.8) is 0 Å². The molecule has 0 radical (unpaired) electrons. The third-order valence-corrected chi connectivity index (χ3v) is 2.59. The molecule has 1 aromatic carbocycles. The Kier molecular flexibility index (Phi) is 2.19. The summed E-state index contributed by atoms with van der Waals surface area (Å²) in [5, 5.41) is 0. The second kappa shape index (κ2) is 3.38. The number of methoxy groups -OCH3 is 1. The minimum atomic E-state index is -0.628. The van der Waals surface area contributed by atoms with Crippen LogP contribution in [0.15, 0.2) is 24.3 Å². The molecule has 4 nitrogen and oxygen atoms in total. The van der Waals surface area contributed by atoms with E-state index in [1.807, 2.05) is 12.1 Å². The lowest BCUT2D eigenvalue weighted by molar-refractivity contribution is -0.118. The Hall–Kier alpha value is -1.84. The number of nitrogens with zero attached hydrogens (tertiary/aromatic N) is 1. The Morgan fingerprint density at radius 2 is 2.07 bits per heavy atom. The number of hydrogen-bond donors (Lipinski definition) is 0. The maximum Gasteiger partial charge on any atom is 0.420 e. The summed E-state index contributed by atoms with van der Waals surface area (Å²) < 4.78 is 4.58. The normalized spacial score (nSPS) is 18.9. The van der Waals surface area contributed by atoms with Gasteiger partial charge in [-0.1, -0.05) is 18.2 Å². The summed E-state index contributed by atoms with van der Waals surface area (Å²) in [5.74, 6) is -0.511. The zero-order valence-electron chi connectivity index (χ0n) is 8.56. The molecule has 1 aliphatic heterocycles. The fraction of sp³-hybridized carbons (Fsp3) is 0.273. The molecule has 1 unspecified atom stereocenters. The van der Waals surface area contributed by atoms with Gasteiger partial charge in [0.05, 0.1) is 18.7 Å². The molecule has 1 heterocycles. The van der Waals surface area contributed by atoms with Gasteiger partial charge in [-0.05, 0) is 18.6 Å². The van der Waals surface area contributed by atoms with E-state index in [4.69, 9.17) is 0 Å². The summed E-state index contributed by atoms with van der Waals surface area (Å²) in [6.45, 7) is 1.78.